The van der Waals surface area contributed by atoms with Gasteiger partial charge in [0.05, 0.1) is 0 Å². The maximum Gasteiger partial charge on any atom is 0.400 e. The minimum atomic E-state index is -6.65. The minimum absolute atomic E-state index is 0.419. The smallest absolute Gasteiger partial charge is 0.392 e. The second-order valence-corrected chi connectivity index (χ2v) is 9.86. The molecule has 0 amide bonds. The van der Waals surface area contributed by atoms with Crippen LogP contribution in [0.15, 0.2) is 0 Å². The van der Waals surface area contributed by atoms with Gasteiger partial charge in [-0.15, -0.1) is 5.21 Å². The molecule has 0 heterocycles. The Kier molecular flexibility index (Phi) is 7.70. The number of rotatable bonds is 10. The number of nitrogens with zero attached hydrogens (tertiary/aromatic N) is 1. The van der Waals surface area contributed by atoms with Gasteiger partial charge in [-0.1, -0.05) is 12.0 Å². The largest absolute Gasteiger partial charge is 0.400 e. The molecule has 0 N–H and O–H groups in total. The van der Waals surface area contributed by atoms with Gasteiger partial charge in [0.15, 0.2) is 0 Å². The van der Waals surface area contributed by atoms with Crippen molar-refractivity contribution in [2.45, 2.75) is 83.4 Å². The molecule has 0 bridgehead atoms. The van der Waals surface area contributed by atoms with Gasteiger partial charge >= 0.3 is 32.9 Å². The summed E-state index contributed by atoms with van der Waals surface area (Å²) >= 11 is 0. The van der Waals surface area contributed by atoms with Crippen molar-refractivity contribution < 1.29 is 49.2 Å². The van der Waals surface area contributed by atoms with Crippen LogP contribution in [0.2, 0.25) is 13.1 Å². The van der Waals surface area contributed by atoms with Gasteiger partial charge < -0.3 is 8.85 Å². The Bertz CT molecular complexity index is 476. The SMILES string of the molecule is CCC(C)O[Si](C)(C)OC(C)(C)N([O])C(F)(F)C(F)(F)C(F)(F)C(F)F. The van der Waals surface area contributed by atoms with E-state index in [0.29, 0.717) is 20.3 Å². The Morgan fingerprint density at radius 2 is 1.46 bits per heavy atom. The van der Waals surface area contributed by atoms with E-state index in [9.17, 15) is 40.3 Å². The van der Waals surface area contributed by atoms with Gasteiger partial charge in [0.1, 0.15) is 5.72 Å². The van der Waals surface area contributed by atoms with Gasteiger partial charge in [-0.05, 0) is 40.3 Å². The van der Waals surface area contributed by atoms with Crippen molar-refractivity contribution in [3.8, 4) is 0 Å². The fraction of sp³-hybridized carbons (Fsp3) is 1.00. The molecule has 26 heavy (non-hydrogen) atoms. The molecule has 0 aromatic carbocycles. The molecule has 4 nitrogen and oxygen atoms in total. The Morgan fingerprint density at radius 1 is 1.04 bits per heavy atom. The maximum atomic E-state index is 13.8. The summed E-state index contributed by atoms with van der Waals surface area (Å²) in [5.41, 5.74) is -2.77. The van der Waals surface area contributed by atoms with Crippen LogP contribution in [-0.2, 0) is 14.1 Å². The van der Waals surface area contributed by atoms with E-state index in [4.69, 9.17) is 8.85 Å². The van der Waals surface area contributed by atoms with Crippen LogP contribution in [-0.4, -0.2) is 49.8 Å². The highest BCUT2D eigenvalue weighted by Gasteiger charge is 2.79. The highest BCUT2D eigenvalue weighted by molar-refractivity contribution is 6.64. The number of hydroxylamine groups is 2. The van der Waals surface area contributed by atoms with E-state index in [2.05, 4.69) is 0 Å². The Morgan fingerprint density at radius 3 is 1.81 bits per heavy atom. The Labute approximate surface area is 147 Å². The molecule has 0 spiro atoms. The number of hydrogen-bond acceptors (Lipinski definition) is 3. The van der Waals surface area contributed by atoms with Crippen LogP contribution < -0.4 is 0 Å². The van der Waals surface area contributed by atoms with Gasteiger partial charge in [0.2, 0.25) is 0 Å². The molecule has 0 aromatic heterocycles. The monoisotopic (exact) mass is 420 g/mol. The quantitative estimate of drug-likeness (QED) is 0.164. The normalized spacial score (nSPS) is 16.5. The molecule has 0 aliphatic carbocycles. The van der Waals surface area contributed by atoms with Crippen LogP contribution in [0.3, 0.4) is 0 Å². The second-order valence-electron chi connectivity index (χ2n) is 6.62. The lowest BCUT2D eigenvalue weighted by atomic mass is 10.1. The standard InChI is InChI=1S/C13H22F8NO3Si/c1-7-8(2)24-26(5,6)25-10(3,4)22(23)13(20,21)12(18,19)11(16,17)9(14)15/h8-9H,7H2,1-6H3. The first-order chi connectivity index (χ1) is 11.3. The Balaban J connectivity index is 5.68. The van der Waals surface area contributed by atoms with E-state index in [-0.39, 0.29) is 0 Å². The molecule has 0 saturated carbocycles. The maximum absolute atomic E-state index is 13.8. The van der Waals surface area contributed by atoms with Gasteiger partial charge in [-0.25, -0.2) is 8.78 Å². The molecule has 1 radical (unpaired) electrons. The van der Waals surface area contributed by atoms with Crippen molar-refractivity contribution in [2.24, 2.45) is 0 Å². The van der Waals surface area contributed by atoms with Crippen LogP contribution in [0.1, 0.15) is 34.1 Å². The third-order valence-electron chi connectivity index (χ3n) is 3.37. The molecule has 1 atom stereocenters. The van der Waals surface area contributed by atoms with Crippen molar-refractivity contribution >= 4 is 8.56 Å². The van der Waals surface area contributed by atoms with Crippen LogP contribution in [0.25, 0.3) is 0 Å². The summed E-state index contributed by atoms with van der Waals surface area (Å²) in [6.07, 6.45) is -5.05. The molecule has 0 aromatic rings. The highest BCUT2D eigenvalue weighted by atomic mass is 28.4. The first-order valence-corrected chi connectivity index (χ1v) is 10.3. The summed E-state index contributed by atoms with van der Waals surface area (Å²) in [7, 11) is -3.35. The van der Waals surface area contributed by atoms with Crippen LogP contribution >= 0.6 is 0 Å². The zero-order chi connectivity index (χ0) is 21.4. The lowest BCUT2D eigenvalue weighted by molar-refractivity contribution is -0.471. The molecular formula is C13H22F8NO3Si. The van der Waals surface area contributed by atoms with Crippen LogP contribution in [0, 0.1) is 0 Å². The molecule has 0 saturated heterocycles. The highest BCUT2D eigenvalue weighted by Crippen LogP contribution is 2.51. The fourth-order valence-corrected chi connectivity index (χ4v) is 4.51. The molecular weight excluding hydrogens is 398 g/mol. The van der Waals surface area contributed by atoms with Gasteiger partial charge in [0, 0.05) is 6.10 Å². The van der Waals surface area contributed by atoms with Crippen molar-refractivity contribution in [3.05, 3.63) is 0 Å². The van der Waals surface area contributed by atoms with E-state index in [1.54, 1.807) is 13.8 Å². The molecule has 0 aliphatic rings. The first-order valence-electron chi connectivity index (χ1n) is 7.53. The third-order valence-corrected chi connectivity index (χ3v) is 5.33. The van der Waals surface area contributed by atoms with E-state index < -0.39 is 49.8 Å². The molecule has 1 unspecified atom stereocenters. The average molecular weight is 420 g/mol. The van der Waals surface area contributed by atoms with Gasteiger partial charge in [0.25, 0.3) is 0 Å². The van der Waals surface area contributed by atoms with E-state index >= 15 is 0 Å². The zero-order valence-electron chi connectivity index (χ0n) is 15.1. The third kappa shape index (κ3) is 5.06. The topological polar surface area (TPSA) is 41.6 Å². The molecule has 0 rings (SSSR count). The van der Waals surface area contributed by atoms with Crippen LogP contribution in [0.4, 0.5) is 35.1 Å². The number of halogens is 8. The zero-order valence-corrected chi connectivity index (χ0v) is 16.1. The summed E-state index contributed by atoms with van der Waals surface area (Å²) in [5, 5.41) is 10.1. The summed E-state index contributed by atoms with van der Waals surface area (Å²) in [5.74, 6) is -13.1. The van der Waals surface area contributed by atoms with Gasteiger partial charge in [-0.2, -0.15) is 26.3 Å². The Hall–Kier alpha value is -0.503. The van der Waals surface area contributed by atoms with Gasteiger partial charge in [-0.3, -0.25) is 0 Å². The lowest BCUT2D eigenvalue weighted by Crippen LogP contribution is -2.68. The molecule has 0 fully saturated rings. The summed E-state index contributed by atoms with van der Waals surface area (Å²) in [4.78, 5) is 0. The summed E-state index contributed by atoms with van der Waals surface area (Å²) in [6, 6.07) is -6.18. The van der Waals surface area contributed by atoms with Crippen molar-refractivity contribution in [1.82, 2.24) is 5.06 Å². The number of hydrogen-bond donors (Lipinski definition) is 0. The first kappa shape index (κ1) is 25.5. The minimum Gasteiger partial charge on any atom is -0.392 e. The number of alkyl halides is 8. The fourth-order valence-electron chi connectivity index (χ4n) is 2.04. The van der Waals surface area contributed by atoms with E-state index in [0.717, 1.165) is 0 Å². The second kappa shape index (κ2) is 7.85. The predicted octanol–water partition coefficient (Wildman–Crippen LogP) is 5.03. The van der Waals surface area contributed by atoms with Crippen LogP contribution in [0.5, 0.6) is 0 Å². The lowest BCUT2D eigenvalue weighted by Gasteiger charge is -2.43. The predicted molar refractivity (Wildman–Crippen MR) is 76.9 cm³/mol. The van der Waals surface area contributed by atoms with Crippen molar-refractivity contribution in [1.29, 1.82) is 0 Å². The molecule has 157 valence electrons. The summed E-state index contributed by atoms with van der Waals surface area (Å²) < 4.78 is 115. The molecule has 13 heteroatoms. The molecule has 0 aliphatic heterocycles. The van der Waals surface area contributed by atoms with E-state index in [1.165, 1.54) is 13.1 Å². The van der Waals surface area contributed by atoms with E-state index in [1.807, 2.05) is 0 Å². The van der Waals surface area contributed by atoms with Crippen molar-refractivity contribution in [2.75, 3.05) is 0 Å². The van der Waals surface area contributed by atoms with Crippen molar-refractivity contribution in [3.63, 3.8) is 0 Å². The summed E-state index contributed by atoms with van der Waals surface area (Å²) in [6.45, 7) is 7.21. The average Bonchev–Trinajstić information content (AvgIpc) is 2.43.